The van der Waals surface area contributed by atoms with E-state index in [4.69, 9.17) is 0 Å². The first kappa shape index (κ1) is 13.2. The molecule has 2 aliphatic rings. The number of ketones is 1. The molecule has 4 rings (SSSR count). The predicted molar refractivity (Wildman–Crippen MR) is 86.0 cm³/mol. The van der Waals surface area contributed by atoms with Gasteiger partial charge in [-0.15, -0.1) is 0 Å². The first-order valence-corrected chi connectivity index (χ1v) is 7.61. The van der Waals surface area contributed by atoms with E-state index in [1.807, 2.05) is 36.3 Å². The lowest BCUT2D eigenvalue weighted by Crippen LogP contribution is -2.34. The molecule has 1 aliphatic heterocycles. The molecule has 5 nitrogen and oxygen atoms in total. The van der Waals surface area contributed by atoms with Crippen molar-refractivity contribution in [2.75, 3.05) is 23.4 Å². The van der Waals surface area contributed by atoms with Crippen LogP contribution in [0, 0.1) is 6.92 Å². The molecule has 2 aromatic rings. The van der Waals surface area contributed by atoms with Crippen molar-refractivity contribution in [3.05, 3.63) is 41.7 Å². The lowest BCUT2D eigenvalue weighted by atomic mass is 10.1. The maximum atomic E-state index is 12.6. The SMILES string of the molecule is Cc1ccnc2c1N(C)CC(=O)c1cccnc1N2C1CC1. The smallest absolute Gasteiger partial charge is 0.185 e. The number of Topliss-reactive ketones (excluding diaryl/α,β-unsaturated/α-hetero) is 1. The van der Waals surface area contributed by atoms with Gasteiger partial charge in [0.1, 0.15) is 5.82 Å². The Morgan fingerprint density at radius 3 is 2.68 bits per heavy atom. The lowest BCUT2D eigenvalue weighted by Gasteiger charge is -2.33. The van der Waals surface area contributed by atoms with E-state index in [9.17, 15) is 4.79 Å². The molecule has 0 radical (unpaired) electrons. The molecule has 0 N–H and O–H groups in total. The fraction of sp³-hybridized carbons (Fsp3) is 0.353. The second kappa shape index (κ2) is 4.80. The maximum Gasteiger partial charge on any atom is 0.185 e. The minimum atomic E-state index is 0.102. The van der Waals surface area contributed by atoms with Gasteiger partial charge in [0.05, 0.1) is 17.8 Å². The molecule has 1 fully saturated rings. The lowest BCUT2D eigenvalue weighted by molar-refractivity contribution is 0.100. The van der Waals surface area contributed by atoms with E-state index in [-0.39, 0.29) is 5.78 Å². The second-order valence-corrected chi connectivity index (χ2v) is 6.06. The topological polar surface area (TPSA) is 49.3 Å². The van der Waals surface area contributed by atoms with E-state index in [1.54, 1.807) is 6.20 Å². The van der Waals surface area contributed by atoms with Crippen LogP contribution in [0.5, 0.6) is 0 Å². The van der Waals surface area contributed by atoms with Gasteiger partial charge >= 0.3 is 0 Å². The number of aromatic nitrogens is 2. The molecule has 0 bridgehead atoms. The summed E-state index contributed by atoms with van der Waals surface area (Å²) >= 11 is 0. The fourth-order valence-corrected chi connectivity index (χ4v) is 3.15. The summed E-state index contributed by atoms with van der Waals surface area (Å²) in [5.41, 5.74) is 2.85. The van der Waals surface area contributed by atoms with Gasteiger partial charge in [-0.05, 0) is 43.5 Å². The molecule has 0 atom stereocenters. The number of likely N-dealkylation sites (N-methyl/N-ethyl adjacent to an activating group) is 1. The third-order valence-corrected chi connectivity index (χ3v) is 4.32. The van der Waals surface area contributed by atoms with Crippen LogP contribution in [0.2, 0.25) is 0 Å². The maximum absolute atomic E-state index is 12.6. The van der Waals surface area contributed by atoms with Crippen LogP contribution in [0.1, 0.15) is 28.8 Å². The number of aryl methyl sites for hydroxylation is 1. The van der Waals surface area contributed by atoms with E-state index in [0.717, 1.165) is 35.7 Å². The molecule has 1 saturated carbocycles. The summed E-state index contributed by atoms with van der Waals surface area (Å²) in [5, 5.41) is 0. The Labute approximate surface area is 129 Å². The molecule has 2 aromatic heterocycles. The molecule has 0 saturated heterocycles. The summed E-state index contributed by atoms with van der Waals surface area (Å²) in [6, 6.07) is 6.08. The van der Waals surface area contributed by atoms with Gasteiger partial charge in [0.25, 0.3) is 0 Å². The molecule has 0 unspecified atom stereocenters. The molecular weight excluding hydrogens is 276 g/mol. The summed E-state index contributed by atoms with van der Waals surface area (Å²) in [6.07, 6.45) is 5.82. The van der Waals surface area contributed by atoms with Gasteiger partial charge < -0.3 is 9.80 Å². The monoisotopic (exact) mass is 294 g/mol. The summed E-state index contributed by atoms with van der Waals surface area (Å²) in [6.45, 7) is 2.41. The number of hydrogen-bond donors (Lipinski definition) is 0. The number of rotatable bonds is 1. The standard InChI is InChI=1S/C17H18N4O/c1-11-7-9-19-17-15(11)20(2)10-14(22)13-4-3-8-18-16(13)21(17)12-5-6-12/h3-4,7-9,12H,5-6,10H2,1-2H3. The minimum Gasteiger partial charge on any atom is -0.364 e. The Kier molecular flexibility index (Phi) is 2.89. The first-order valence-electron chi connectivity index (χ1n) is 7.61. The number of nitrogens with zero attached hydrogens (tertiary/aromatic N) is 4. The van der Waals surface area contributed by atoms with E-state index in [1.165, 1.54) is 0 Å². The van der Waals surface area contributed by atoms with Crippen LogP contribution in [0.15, 0.2) is 30.6 Å². The highest BCUT2D eigenvalue weighted by Crippen LogP contribution is 2.43. The normalized spacial score (nSPS) is 17.6. The summed E-state index contributed by atoms with van der Waals surface area (Å²) in [7, 11) is 1.96. The Balaban J connectivity index is 2.00. The predicted octanol–water partition coefficient (Wildman–Crippen LogP) is 2.72. The van der Waals surface area contributed by atoms with Crippen molar-refractivity contribution in [1.29, 1.82) is 0 Å². The number of fused-ring (bicyclic) bond motifs is 2. The largest absolute Gasteiger partial charge is 0.364 e. The van der Waals surface area contributed by atoms with E-state index >= 15 is 0 Å². The summed E-state index contributed by atoms with van der Waals surface area (Å²) in [5.74, 6) is 1.77. The molecular formula is C17H18N4O. The molecule has 0 aromatic carbocycles. The Morgan fingerprint density at radius 2 is 1.91 bits per heavy atom. The molecule has 5 heteroatoms. The minimum absolute atomic E-state index is 0.102. The van der Waals surface area contributed by atoms with Crippen molar-refractivity contribution < 1.29 is 4.79 Å². The number of pyridine rings is 2. The molecule has 112 valence electrons. The van der Waals surface area contributed by atoms with Crippen molar-refractivity contribution in [3.8, 4) is 0 Å². The van der Waals surface area contributed by atoms with Gasteiger partial charge in [0, 0.05) is 25.5 Å². The number of carbonyl (C=O) groups excluding carboxylic acids is 1. The highest BCUT2D eigenvalue weighted by atomic mass is 16.1. The molecule has 3 heterocycles. The Hall–Kier alpha value is -2.43. The average molecular weight is 294 g/mol. The summed E-state index contributed by atoms with van der Waals surface area (Å²) in [4.78, 5) is 26.0. The van der Waals surface area contributed by atoms with Crippen molar-refractivity contribution in [1.82, 2.24) is 9.97 Å². The van der Waals surface area contributed by atoms with Gasteiger partial charge in [-0.3, -0.25) is 4.79 Å². The first-order chi connectivity index (χ1) is 10.7. The molecule has 0 amide bonds. The third-order valence-electron chi connectivity index (χ3n) is 4.32. The highest BCUT2D eigenvalue weighted by molar-refractivity contribution is 6.05. The van der Waals surface area contributed by atoms with Crippen LogP contribution in [-0.2, 0) is 0 Å². The second-order valence-electron chi connectivity index (χ2n) is 6.06. The van der Waals surface area contributed by atoms with Crippen LogP contribution in [0.25, 0.3) is 0 Å². The number of hydrogen-bond acceptors (Lipinski definition) is 5. The van der Waals surface area contributed by atoms with Gasteiger partial charge in [-0.2, -0.15) is 0 Å². The summed E-state index contributed by atoms with van der Waals surface area (Å²) < 4.78 is 0. The van der Waals surface area contributed by atoms with Crippen LogP contribution in [0.3, 0.4) is 0 Å². The van der Waals surface area contributed by atoms with Crippen molar-refractivity contribution in [2.45, 2.75) is 25.8 Å². The van der Waals surface area contributed by atoms with E-state index < -0.39 is 0 Å². The van der Waals surface area contributed by atoms with Gasteiger partial charge in [0.2, 0.25) is 0 Å². The van der Waals surface area contributed by atoms with Crippen molar-refractivity contribution in [3.63, 3.8) is 0 Å². The van der Waals surface area contributed by atoms with E-state index in [0.29, 0.717) is 18.2 Å². The quantitative estimate of drug-likeness (QED) is 0.809. The fourth-order valence-electron chi connectivity index (χ4n) is 3.15. The zero-order valence-electron chi connectivity index (χ0n) is 12.8. The number of anilines is 3. The third kappa shape index (κ3) is 1.96. The van der Waals surface area contributed by atoms with Crippen LogP contribution in [0.4, 0.5) is 17.3 Å². The van der Waals surface area contributed by atoms with Gasteiger partial charge in [-0.1, -0.05) is 0 Å². The van der Waals surface area contributed by atoms with Gasteiger partial charge in [0.15, 0.2) is 11.6 Å². The average Bonchev–Trinajstić information content (AvgIpc) is 3.31. The van der Waals surface area contributed by atoms with Crippen LogP contribution >= 0.6 is 0 Å². The van der Waals surface area contributed by atoms with E-state index in [2.05, 4.69) is 21.8 Å². The Morgan fingerprint density at radius 1 is 1.14 bits per heavy atom. The molecule has 22 heavy (non-hydrogen) atoms. The van der Waals surface area contributed by atoms with Crippen LogP contribution in [-0.4, -0.2) is 35.4 Å². The molecule has 1 aliphatic carbocycles. The zero-order valence-corrected chi connectivity index (χ0v) is 12.8. The Bertz CT molecular complexity index is 754. The number of carbonyl (C=O) groups is 1. The zero-order chi connectivity index (χ0) is 15.3. The van der Waals surface area contributed by atoms with Crippen molar-refractivity contribution in [2.24, 2.45) is 0 Å². The highest BCUT2D eigenvalue weighted by Gasteiger charge is 2.37. The van der Waals surface area contributed by atoms with Crippen molar-refractivity contribution >= 4 is 23.1 Å². The van der Waals surface area contributed by atoms with Crippen LogP contribution < -0.4 is 9.80 Å². The molecule has 0 spiro atoms. The van der Waals surface area contributed by atoms with Gasteiger partial charge in [-0.25, -0.2) is 9.97 Å².